The van der Waals surface area contributed by atoms with Crippen molar-refractivity contribution in [1.29, 1.82) is 0 Å². The van der Waals surface area contributed by atoms with Crippen LogP contribution in [0, 0.1) is 21.7 Å². The maximum atomic E-state index is 12.5. The summed E-state index contributed by atoms with van der Waals surface area (Å²) in [6.45, 7) is 7.04. The third-order valence-electron chi connectivity index (χ3n) is 16.1. The van der Waals surface area contributed by atoms with Gasteiger partial charge in [0.25, 0.3) is 0 Å². The SMILES string of the molecule is CCC(COC(=O)CSC)(COC(=O)CSC)COC(=O)CSC.CSC(C)CC(=O)OCC(COC(=O)CC(C)SC)(COC(=O)CC(C)SC)COC(=O)CC(C)SC.CSCC(=O)OCC(COC(=O)CSC)(COC(=O)CSC)COC(=O)CSC.CSCCC(=O)OCC(COC(=O)CCSC)(COC(=O)CCSC)COC(=O)CCSC. The molecule has 0 heterocycles. The van der Waals surface area contributed by atoms with Crippen molar-refractivity contribution >= 4 is 266 Å². The molecule has 716 valence electrons. The molecule has 0 aliphatic rings. The molecule has 0 N–H and O–H groups in total. The van der Waals surface area contributed by atoms with E-state index in [1.807, 2.05) is 103 Å². The van der Waals surface area contributed by atoms with Gasteiger partial charge in [-0.25, -0.2) is 0 Å². The van der Waals surface area contributed by atoms with Crippen molar-refractivity contribution < 1.29 is 143 Å². The Morgan fingerprint density at radius 3 is 0.447 bits per heavy atom. The summed E-state index contributed by atoms with van der Waals surface area (Å²) in [7, 11) is 0. The first-order valence-corrected chi connectivity index (χ1v) is 58.8. The lowest BCUT2D eigenvalue weighted by molar-refractivity contribution is -0.173. The van der Waals surface area contributed by atoms with Crippen LogP contribution in [-0.4, -0.2) is 367 Å². The minimum Gasteiger partial charge on any atom is -0.465 e. The van der Waals surface area contributed by atoms with E-state index < -0.39 is 93.3 Å². The Labute approximate surface area is 793 Å². The largest absolute Gasteiger partial charge is 0.465 e. The van der Waals surface area contributed by atoms with Gasteiger partial charge < -0.3 is 71.1 Å². The van der Waals surface area contributed by atoms with Crippen molar-refractivity contribution in [3.8, 4) is 0 Å². The van der Waals surface area contributed by atoms with Gasteiger partial charge in [0.05, 0.1) is 97.1 Å². The fraction of sp³-hybridized carbons (Fsp3) is 0.808. The van der Waals surface area contributed by atoms with E-state index in [0.717, 1.165) is 0 Å². The summed E-state index contributed by atoms with van der Waals surface area (Å²) in [5, 5.41) is 0.239. The van der Waals surface area contributed by atoms with Gasteiger partial charge in [-0.2, -0.15) is 176 Å². The molecule has 0 rings (SSSR count). The Bertz CT molecular complexity index is 2620. The van der Waals surface area contributed by atoms with Crippen LogP contribution in [-0.2, 0) is 143 Å². The summed E-state index contributed by atoms with van der Waals surface area (Å²) >= 11 is 21.5. The van der Waals surface area contributed by atoms with E-state index in [9.17, 15) is 71.9 Å². The lowest BCUT2D eigenvalue weighted by atomic mass is 9.88. The number of carbonyl (C=O) groups excluding carboxylic acids is 15. The third kappa shape index (κ3) is 71.7. The molecule has 45 heteroatoms. The quantitative estimate of drug-likeness (QED) is 0.0403. The number of carbonyl (C=O) groups is 15. The van der Waals surface area contributed by atoms with Crippen LogP contribution in [0.5, 0.6) is 0 Å². The highest BCUT2D eigenvalue weighted by atomic mass is 32.2. The minimum atomic E-state index is -1.23. The summed E-state index contributed by atoms with van der Waals surface area (Å²) in [5.41, 5.74) is -4.33. The molecular weight excluding hydrogens is 1900 g/mol. The Balaban J connectivity index is -0.000000776. The standard InChI is InChI=1S/C25H44O8S4.C21H36O8S4.C17H28O8S4.C15H26O6S3/c1-17(34-5)9-21(26)30-13-25(14-31-22(27)10-18(2)35-6,15-32-23(28)11-19(3)36-7)16-33-24(29)12-20(4)37-8;1-30-9-5-17(22)26-13-21(14-27-18(23)6-10-31-2,15-28-19(24)7-11-32-3)16-29-20(25)8-12-33-4;1-26-5-13(18)22-9-17(10-23-14(19)6-27-2,11-24-15(20)7-28-3)12-25-16(21)8-29-4;1-5-15(9-19-12(16)6-22-2,10-20-13(17)7-23-3)11-21-14(18)8-24-4/h17-20H,9-16H2,1-8H3;5-16H2,1-4H3;5-12H2,1-4H3;5-11H2,1-4H3. The lowest BCUT2D eigenvalue weighted by Gasteiger charge is -2.32. The first-order chi connectivity index (χ1) is 58.5. The van der Waals surface area contributed by atoms with E-state index >= 15 is 0 Å². The Morgan fingerprint density at radius 2 is 0.325 bits per heavy atom. The second-order valence-corrected chi connectivity index (χ2v) is 42.4. The number of hydrogen-bond donors (Lipinski definition) is 0. The average Bonchev–Trinajstić information content (AvgIpc) is 0.854. The topological polar surface area (TPSA) is 394 Å². The van der Waals surface area contributed by atoms with Gasteiger partial charge in [0.1, 0.15) is 115 Å². The van der Waals surface area contributed by atoms with Crippen LogP contribution in [0.25, 0.3) is 0 Å². The van der Waals surface area contributed by atoms with E-state index in [4.69, 9.17) is 71.1 Å². The van der Waals surface area contributed by atoms with E-state index in [2.05, 4.69) is 0 Å². The number of esters is 15. The van der Waals surface area contributed by atoms with Crippen LogP contribution in [0.15, 0.2) is 0 Å². The minimum absolute atomic E-state index is 0.0436. The van der Waals surface area contributed by atoms with Gasteiger partial charge in [-0.3, -0.25) is 71.9 Å². The Hall–Kier alpha value is -2.70. The van der Waals surface area contributed by atoms with Crippen molar-refractivity contribution in [2.45, 2.75) is 113 Å². The molecule has 0 spiro atoms. The van der Waals surface area contributed by atoms with Crippen LogP contribution in [0.2, 0.25) is 0 Å². The number of hydrogen-bond acceptors (Lipinski definition) is 45. The molecule has 0 fully saturated rings. The first kappa shape index (κ1) is 127. The normalized spacial score (nSPS) is 12.5. The van der Waals surface area contributed by atoms with Crippen LogP contribution in [0.3, 0.4) is 0 Å². The van der Waals surface area contributed by atoms with Gasteiger partial charge in [0.2, 0.25) is 0 Å². The van der Waals surface area contributed by atoms with Crippen molar-refractivity contribution in [1.82, 2.24) is 0 Å². The second-order valence-electron chi connectivity index (χ2n) is 27.3. The Morgan fingerprint density at radius 1 is 0.195 bits per heavy atom. The number of ether oxygens (including phenoxy) is 15. The van der Waals surface area contributed by atoms with Crippen molar-refractivity contribution in [2.75, 3.05) is 256 Å². The second kappa shape index (κ2) is 81.3. The van der Waals surface area contributed by atoms with Crippen molar-refractivity contribution in [3.05, 3.63) is 0 Å². The monoisotopic (exact) mass is 2030 g/mol. The highest BCUT2D eigenvalue weighted by Crippen LogP contribution is 2.29. The molecule has 123 heavy (non-hydrogen) atoms. The van der Waals surface area contributed by atoms with E-state index in [1.54, 1.807) is 25.0 Å². The van der Waals surface area contributed by atoms with Gasteiger partial charge in [-0.05, 0) is 100 Å². The fourth-order valence-corrected chi connectivity index (χ4v) is 13.3. The smallest absolute Gasteiger partial charge is 0.315 e. The summed E-state index contributed by atoms with van der Waals surface area (Å²) in [6, 6.07) is 0. The van der Waals surface area contributed by atoms with E-state index in [-0.39, 0.29) is 230 Å². The molecule has 0 saturated heterocycles. The molecular formula is C78H134O30S15. The Kier molecular flexibility index (Phi) is 83.7. The van der Waals surface area contributed by atoms with Crippen molar-refractivity contribution in [3.63, 3.8) is 0 Å². The molecule has 0 aliphatic carbocycles. The maximum Gasteiger partial charge on any atom is 0.315 e. The third-order valence-corrected chi connectivity index (χ3v) is 26.1. The van der Waals surface area contributed by atoms with E-state index in [1.165, 1.54) is 176 Å². The first-order valence-electron chi connectivity index (χ1n) is 38.3. The van der Waals surface area contributed by atoms with E-state index in [0.29, 0.717) is 29.4 Å². The molecule has 0 bridgehead atoms. The van der Waals surface area contributed by atoms with Crippen LogP contribution >= 0.6 is 176 Å². The predicted octanol–water partition coefficient (Wildman–Crippen LogP) is 11.6. The van der Waals surface area contributed by atoms with Gasteiger partial charge in [-0.1, -0.05) is 34.6 Å². The van der Waals surface area contributed by atoms with Gasteiger partial charge in [0, 0.05) is 44.0 Å². The lowest BCUT2D eigenvalue weighted by Crippen LogP contribution is -2.44. The molecule has 0 aliphatic heterocycles. The molecule has 0 radical (unpaired) electrons. The molecule has 4 atom stereocenters. The molecule has 0 amide bonds. The zero-order chi connectivity index (χ0) is 93.9. The fourth-order valence-electron chi connectivity index (χ4n) is 8.34. The average molecular weight is 2030 g/mol. The molecule has 30 nitrogen and oxygen atoms in total. The molecule has 0 saturated carbocycles. The number of rotatable bonds is 69. The van der Waals surface area contributed by atoms with Crippen LogP contribution < -0.4 is 0 Å². The van der Waals surface area contributed by atoms with Crippen LogP contribution in [0.4, 0.5) is 0 Å². The maximum absolute atomic E-state index is 12.5. The zero-order valence-electron chi connectivity index (χ0n) is 74.9. The molecule has 0 aromatic heterocycles. The summed E-state index contributed by atoms with van der Waals surface area (Å²) < 4.78 is 80.7. The zero-order valence-corrected chi connectivity index (χ0v) is 87.2. The summed E-state index contributed by atoms with van der Waals surface area (Å²) in [5.74, 6) is -2.63. The molecule has 0 aromatic carbocycles. The molecule has 4 unspecified atom stereocenters. The van der Waals surface area contributed by atoms with Gasteiger partial charge in [-0.15, -0.1) is 0 Å². The highest BCUT2D eigenvalue weighted by molar-refractivity contribution is 8.02. The number of thioether (sulfide) groups is 15. The molecule has 0 aromatic rings. The summed E-state index contributed by atoms with van der Waals surface area (Å²) in [6.07, 6.45) is 29.8. The summed E-state index contributed by atoms with van der Waals surface area (Å²) in [4.78, 5) is 181. The highest BCUT2D eigenvalue weighted by Gasteiger charge is 2.42. The van der Waals surface area contributed by atoms with Crippen LogP contribution in [0.1, 0.15) is 92.4 Å². The predicted molar refractivity (Wildman–Crippen MR) is 515 cm³/mol. The van der Waals surface area contributed by atoms with Gasteiger partial charge >= 0.3 is 89.5 Å². The van der Waals surface area contributed by atoms with Crippen molar-refractivity contribution in [2.24, 2.45) is 21.7 Å². The van der Waals surface area contributed by atoms with Gasteiger partial charge in [0.15, 0.2) is 0 Å².